The number of aromatic nitrogens is 1. The number of piperazine rings is 1. The maximum absolute atomic E-state index is 15.0. The first-order valence-electron chi connectivity index (χ1n) is 23.6. The third kappa shape index (κ3) is 9.64. The van der Waals surface area contributed by atoms with E-state index >= 15 is 0 Å². The first-order chi connectivity index (χ1) is 32.8. The SMILES string of the molecule is CCCCN1CCN(c2cc(=O)c3nc4c(oc3c2)c2c(=O)c3c(O)c(C)c5c(c34)=C(NO)[C@@](C)(O/C=C/[C@H](OC)[C@@H](C)[C@@H](OC(C)=O)[C@H](C)[C@H](O)[C@H](C)[C@@H](O)[C@@H](C)/C=C/C=C(/C)C(=O)N2)O5)CC1. The molecule has 3 aromatic carbocycles. The molecule has 1 fully saturated rings. The molecule has 5 bridgehead atoms. The average molecular weight is 956 g/mol. The number of esters is 1. The number of hydroxylamine groups is 1. The summed E-state index contributed by atoms with van der Waals surface area (Å²) in [6.45, 7) is 18.8. The molecular weight excluding hydrogens is 891 g/mol. The predicted octanol–water partition coefficient (Wildman–Crippen LogP) is 4.90. The van der Waals surface area contributed by atoms with E-state index in [4.69, 9.17) is 28.3 Å². The zero-order valence-electron chi connectivity index (χ0n) is 40.9. The number of hydrogen-bond donors (Lipinski definition) is 6. The lowest BCUT2D eigenvalue weighted by Crippen LogP contribution is -2.46. The number of nitrogens with one attached hydrogen (secondary N) is 2. The van der Waals surface area contributed by atoms with Gasteiger partial charge in [-0.05, 0) is 32.9 Å². The van der Waals surface area contributed by atoms with Crippen LogP contribution in [0.3, 0.4) is 0 Å². The number of aliphatic hydroxyl groups is 2. The van der Waals surface area contributed by atoms with Crippen molar-refractivity contribution in [1.29, 1.82) is 0 Å². The Morgan fingerprint density at radius 2 is 1.70 bits per heavy atom. The number of hydrogen-bond acceptors (Lipinski definition) is 17. The van der Waals surface area contributed by atoms with Gasteiger partial charge in [0.2, 0.25) is 10.9 Å². The summed E-state index contributed by atoms with van der Waals surface area (Å²) in [5.41, 5.74) is 0.807. The van der Waals surface area contributed by atoms with E-state index in [1.807, 2.05) is 0 Å². The zero-order valence-corrected chi connectivity index (χ0v) is 40.9. The Bertz CT molecular complexity index is 2910. The van der Waals surface area contributed by atoms with Gasteiger partial charge >= 0.3 is 5.97 Å². The van der Waals surface area contributed by atoms with Crippen molar-refractivity contribution in [1.82, 2.24) is 15.4 Å². The molecule has 1 aromatic heterocycles. The number of ether oxygens (including phenoxy) is 4. The summed E-state index contributed by atoms with van der Waals surface area (Å²) in [6.07, 6.45) is 5.79. The fourth-order valence-electron chi connectivity index (χ4n) is 9.85. The van der Waals surface area contributed by atoms with Crippen LogP contribution in [0.2, 0.25) is 0 Å². The van der Waals surface area contributed by atoms with Crippen LogP contribution in [-0.4, -0.2) is 112 Å². The lowest BCUT2D eigenvalue weighted by atomic mass is 9.78. The molecule has 0 unspecified atom stereocenters. The van der Waals surface area contributed by atoms with Crippen LogP contribution in [0.5, 0.6) is 11.5 Å². The van der Waals surface area contributed by atoms with Gasteiger partial charge in [0.25, 0.3) is 11.7 Å². The molecule has 1 amide bonds. The molecule has 6 N–H and O–H groups in total. The van der Waals surface area contributed by atoms with Crippen LogP contribution in [0.15, 0.2) is 62.3 Å². The molecule has 0 aliphatic carbocycles. The topological polar surface area (TPSA) is 243 Å². The van der Waals surface area contributed by atoms with Crippen LogP contribution in [0, 0.1) is 30.6 Å². The van der Waals surface area contributed by atoms with E-state index in [-0.39, 0.29) is 66.5 Å². The number of allylic oxidation sites excluding steroid dienone is 2. The minimum absolute atomic E-state index is 0.00127. The van der Waals surface area contributed by atoms with E-state index in [0.717, 1.165) is 32.5 Å². The molecule has 7 rings (SSSR count). The molecule has 18 nitrogen and oxygen atoms in total. The lowest BCUT2D eigenvalue weighted by molar-refractivity contribution is -0.160. The number of fused-ring (bicyclic) bond motifs is 5. The molecular formula is C51H65N5O13. The fourth-order valence-corrected chi connectivity index (χ4v) is 9.85. The Morgan fingerprint density at radius 3 is 2.35 bits per heavy atom. The van der Waals surface area contributed by atoms with E-state index in [0.29, 0.717) is 18.8 Å². The Balaban J connectivity index is 1.47. The van der Waals surface area contributed by atoms with Crippen LogP contribution in [0.25, 0.3) is 38.7 Å². The van der Waals surface area contributed by atoms with Crippen molar-refractivity contribution < 1.29 is 53.5 Å². The fraction of sp³-hybridized carbons (Fsp3) is 0.510. The van der Waals surface area contributed by atoms with Gasteiger partial charge in [-0.15, -0.1) is 0 Å². The Morgan fingerprint density at radius 1 is 0.986 bits per heavy atom. The second-order valence-corrected chi connectivity index (χ2v) is 18.9. The Labute approximate surface area is 399 Å². The van der Waals surface area contributed by atoms with Crippen molar-refractivity contribution in [3.63, 3.8) is 0 Å². The molecule has 69 heavy (non-hydrogen) atoms. The van der Waals surface area contributed by atoms with Crippen molar-refractivity contribution in [3.05, 3.63) is 79.5 Å². The number of phenols is 1. The maximum atomic E-state index is 15.0. The summed E-state index contributed by atoms with van der Waals surface area (Å²) in [7, 11) is 1.45. The second kappa shape index (κ2) is 20.5. The molecule has 0 spiro atoms. The number of rotatable bonds is 7. The summed E-state index contributed by atoms with van der Waals surface area (Å²) in [5.74, 6) is -6.27. The van der Waals surface area contributed by atoms with E-state index in [1.165, 1.54) is 59.3 Å². The number of carbonyl (C=O) groups excluding carboxylic acids is 2. The Kier molecular flexibility index (Phi) is 15.1. The van der Waals surface area contributed by atoms with Crippen LogP contribution in [-0.2, 0) is 23.8 Å². The highest BCUT2D eigenvalue weighted by atomic mass is 16.7. The monoisotopic (exact) mass is 955 g/mol. The summed E-state index contributed by atoms with van der Waals surface area (Å²) < 4.78 is 30.9. The van der Waals surface area contributed by atoms with Crippen LogP contribution >= 0.6 is 0 Å². The van der Waals surface area contributed by atoms with Gasteiger partial charge in [0.1, 0.15) is 34.5 Å². The van der Waals surface area contributed by atoms with Gasteiger partial charge < -0.3 is 48.9 Å². The number of unbranched alkanes of at least 4 members (excludes halogenated alkanes) is 1. The summed E-state index contributed by atoms with van der Waals surface area (Å²) >= 11 is 0. The first-order valence-corrected chi connectivity index (χ1v) is 23.6. The minimum Gasteiger partial charge on any atom is -0.507 e. The second-order valence-electron chi connectivity index (χ2n) is 18.9. The van der Waals surface area contributed by atoms with E-state index in [2.05, 4.69) is 27.5 Å². The van der Waals surface area contributed by atoms with Gasteiger partial charge in [-0.3, -0.25) is 34.8 Å². The average Bonchev–Trinajstić information content (AvgIpc) is 3.63. The number of carbonyl (C=O) groups is 2. The van der Waals surface area contributed by atoms with Crippen molar-refractivity contribution in [2.24, 2.45) is 23.7 Å². The minimum atomic E-state index is -1.89. The maximum Gasteiger partial charge on any atom is 0.302 e. The molecule has 3 aliphatic rings. The van der Waals surface area contributed by atoms with Crippen LogP contribution < -0.4 is 36.5 Å². The Hall–Kier alpha value is -6.05. The number of anilines is 2. The smallest absolute Gasteiger partial charge is 0.302 e. The largest absolute Gasteiger partial charge is 0.507 e. The third-order valence-corrected chi connectivity index (χ3v) is 14.1. The highest BCUT2D eigenvalue weighted by molar-refractivity contribution is 6.17. The molecule has 4 heterocycles. The highest BCUT2D eigenvalue weighted by Gasteiger charge is 2.44. The quantitative estimate of drug-likeness (QED) is 0.0625. The first kappa shape index (κ1) is 50.8. The number of methoxy groups -OCH3 is 1. The van der Waals surface area contributed by atoms with Crippen LogP contribution in [0.1, 0.15) is 73.8 Å². The molecule has 18 heteroatoms. The third-order valence-electron chi connectivity index (χ3n) is 14.1. The van der Waals surface area contributed by atoms with E-state index in [9.17, 15) is 39.7 Å². The molecule has 4 aromatic rings. The molecule has 372 valence electrons. The van der Waals surface area contributed by atoms with Crippen molar-refractivity contribution >= 4 is 61.9 Å². The molecule has 1 saturated heterocycles. The number of aliphatic hydroxyl groups excluding tert-OH is 2. The predicted molar refractivity (Wildman–Crippen MR) is 261 cm³/mol. The summed E-state index contributed by atoms with van der Waals surface area (Å²) in [4.78, 5) is 65.0. The zero-order chi connectivity index (χ0) is 50.2. The van der Waals surface area contributed by atoms with Crippen LogP contribution in [0.4, 0.5) is 11.4 Å². The van der Waals surface area contributed by atoms with E-state index < -0.39 is 82.4 Å². The normalized spacial score (nSPS) is 29.1. The van der Waals surface area contributed by atoms with Gasteiger partial charge in [-0.25, -0.2) is 4.98 Å². The lowest BCUT2D eigenvalue weighted by Gasteiger charge is -2.38. The van der Waals surface area contributed by atoms with E-state index in [1.54, 1.807) is 45.9 Å². The summed E-state index contributed by atoms with van der Waals surface area (Å²) in [6, 6.07) is 3.17. The summed E-state index contributed by atoms with van der Waals surface area (Å²) in [5, 5.41) is 48.4. The van der Waals surface area contributed by atoms with Gasteiger partial charge in [-0.1, -0.05) is 59.3 Å². The number of aromatic hydroxyl groups is 1. The van der Waals surface area contributed by atoms with Gasteiger partial charge in [0.15, 0.2) is 16.7 Å². The number of amides is 1. The number of phenolic OH excluding ortho intramolecular Hbond substituents is 1. The van der Waals surface area contributed by atoms with Gasteiger partial charge in [0.05, 0.1) is 35.2 Å². The number of nitrogens with zero attached hydrogens (tertiary/aromatic N) is 3. The van der Waals surface area contributed by atoms with Crippen molar-refractivity contribution in [2.45, 2.75) is 105 Å². The number of benzene rings is 3. The molecule has 9 atom stereocenters. The molecule has 3 aliphatic heterocycles. The standard InChI is InChI=1S/C51H65N5O13/c1-11-12-17-55-18-20-56(21-19-55)32-23-33(58)39-35(24-32)68-48-40(52-39)36-37-44(61)30(7)47-38(36)49(54-64)51(9,69-47)66-22-16-34(65-10)27(4)46(67-31(8)57)29(6)43(60)28(5)42(59)25(2)14-13-15-26(3)50(63)53-41(48)45(37)62/h13-16,22-25,27-29,34,42-43,46,54,59-61,64H,11-12,17-21H2,1-10H3,(H,53,63)/b14-13+,22-16+,26-15-/t25-,27+,28+,29+,34-,42-,43+,46+,51-/m0/s1. The van der Waals surface area contributed by atoms with Gasteiger partial charge in [0, 0.05) is 105 Å². The van der Waals surface area contributed by atoms with Gasteiger partial charge in [-0.2, -0.15) is 0 Å². The molecule has 0 radical (unpaired) electrons. The van der Waals surface area contributed by atoms with Crippen molar-refractivity contribution in [2.75, 3.05) is 50.1 Å². The highest BCUT2D eigenvalue weighted by Crippen LogP contribution is 2.42. The van der Waals surface area contributed by atoms with Crippen molar-refractivity contribution in [3.8, 4) is 11.5 Å². The molecule has 0 saturated carbocycles.